The highest BCUT2D eigenvalue weighted by molar-refractivity contribution is 7.00. The molecule has 1 N–H and O–H groups in total. The van der Waals surface area contributed by atoms with Gasteiger partial charge in [0.1, 0.15) is 11.9 Å². The molecule has 3 aliphatic rings. The highest BCUT2D eigenvalue weighted by Gasteiger charge is 2.58. The number of benzene rings is 5. The minimum Gasteiger partial charge on any atom is -0.490 e. The zero-order valence-electron chi connectivity index (χ0n) is 40.1. The van der Waals surface area contributed by atoms with Crippen LogP contribution in [0, 0.1) is 41.4 Å². The lowest BCUT2D eigenvalue weighted by Gasteiger charge is -2.43. The third kappa shape index (κ3) is 9.36. The van der Waals surface area contributed by atoms with Crippen LogP contribution < -0.4 is 25.5 Å². The number of rotatable bonds is 16. The Balaban J connectivity index is 1.02. The lowest BCUT2D eigenvalue weighted by molar-refractivity contribution is -0.0109. The number of aliphatic hydroxyl groups is 1. The first-order valence-electron chi connectivity index (χ1n) is 24.5. The number of hydrogen-bond donors (Lipinski definition) is 1. The fraction of sp³-hybridized carbons (Fsp3) is 0.424. The largest absolute Gasteiger partial charge is 0.490 e. The van der Waals surface area contributed by atoms with Gasteiger partial charge in [-0.15, -0.1) is 6.58 Å². The Kier molecular flexibility index (Phi) is 14.4. The van der Waals surface area contributed by atoms with E-state index in [1.807, 2.05) is 0 Å². The van der Waals surface area contributed by atoms with Crippen molar-refractivity contribution < 1.29 is 18.7 Å². The van der Waals surface area contributed by atoms with E-state index in [2.05, 4.69) is 219 Å². The van der Waals surface area contributed by atoms with Gasteiger partial charge < -0.3 is 18.7 Å². The molecule has 0 radical (unpaired) electrons. The van der Waals surface area contributed by atoms with E-state index in [0.717, 1.165) is 24.2 Å². The molecule has 5 aromatic carbocycles. The third-order valence-corrected chi connectivity index (χ3v) is 25.6. The molecule has 8 rings (SSSR count). The summed E-state index contributed by atoms with van der Waals surface area (Å²) in [5.41, 5.74) is 1.14. The summed E-state index contributed by atoms with van der Waals surface area (Å²) in [6.45, 7) is 21.8. The second-order valence-electron chi connectivity index (χ2n) is 21.6. The van der Waals surface area contributed by atoms with Crippen LogP contribution in [0.4, 0.5) is 0 Å². The molecular weight excluding hydrogens is 829 g/mol. The minimum atomic E-state index is -2.69. The average Bonchev–Trinajstić information content (AvgIpc) is 3.61. The molecule has 6 heteroatoms. The first kappa shape index (κ1) is 47.2. The van der Waals surface area contributed by atoms with Crippen molar-refractivity contribution in [1.29, 1.82) is 0 Å². The summed E-state index contributed by atoms with van der Waals surface area (Å²) in [5.74, 6) is 3.24. The third-order valence-electron chi connectivity index (χ3n) is 15.6. The molecule has 0 amide bonds. The van der Waals surface area contributed by atoms with E-state index in [0.29, 0.717) is 43.3 Å². The van der Waals surface area contributed by atoms with Crippen LogP contribution in [0.15, 0.2) is 170 Å². The van der Waals surface area contributed by atoms with Crippen LogP contribution >= 0.6 is 0 Å². The van der Waals surface area contributed by atoms with Crippen LogP contribution in [0.3, 0.4) is 0 Å². The molecular formula is C59H74O4Si2. The van der Waals surface area contributed by atoms with E-state index in [1.54, 1.807) is 0 Å². The van der Waals surface area contributed by atoms with Crippen molar-refractivity contribution in [3.8, 4) is 5.75 Å². The topological polar surface area (TPSA) is 47.9 Å². The molecule has 0 aliphatic heterocycles. The molecule has 0 saturated heterocycles. The lowest BCUT2D eigenvalue weighted by Crippen LogP contribution is -2.66. The number of hydrogen-bond acceptors (Lipinski definition) is 4. The summed E-state index contributed by atoms with van der Waals surface area (Å²) in [5, 5.41) is 17.5. The predicted octanol–water partition coefficient (Wildman–Crippen LogP) is 11.5. The van der Waals surface area contributed by atoms with Crippen molar-refractivity contribution in [3.05, 3.63) is 176 Å². The summed E-state index contributed by atoms with van der Waals surface area (Å²) >= 11 is 0. The van der Waals surface area contributed by atoms with Crippen molar-refractivity contribution >= 4 is 37.4 Å². The lowest BCUT2D eigenvalue weighted by atomic mass is 9.66. The molecule has 1 unspecified atom stereocenters. The maximum Gasteiger partial charge on any atom is 0.261 e. The number of allylic oxidation sites excluding steroid dienone is 3. The second-order valence-corrected chi connectivity index (χ2v) is 30.2. The minimum absolute atomic E-state index is 0.0112. The summed E-state index contributed by atoms with van der Waals surface area (Å²) < 4.78 is 21.9. The van der Waals surface area contributed by atoms with Crippen molar-refractivity contribution in [2.45, 2.75) is 109 Å². The Morgan fingerprint density at radius 3 is 1.62 bits per heavy atom. The smallest absolute Gasteiger partial charge is 0.261 e. The zero-order chi connectivity index (χ0) is 45.8. The van der Waals surface area contributed by atoms with Gasteiger partial charge in [0.05, 0.1) is 12.7 Å². The van der Waals surface area contributed by atoms with Gasteiger partial charge in [-0.25, -0.2) is 0 Å². The van der Waals surface area contributed by atoms with Crippen LogP contribution in [0.2, 0.25) is 10.1 Å². The molecule has 4 nitrogen and oxygen atoms in total. The molecule has 5 aromatic rings. The van der Waals surface area contributed by atoms with Crippen molar-refractivity contribution in [2.24, 2.45) is 41.4 Å². The Labute approximate surface area is 393 Å². The van der Waals surface area contributed by atoms with Gasteiger partial charge in [0.25, 0.3) is 16.6 Å². The van der Waals surface area contributed by atoms with E-state index in [9.17, 15) is 5.11 Å². The number of aliphatic hydroxyl groups excluding tert-OH is 1. The van der Waals surface area contributed by atoms with Crippen molar-refractivity contribution in [1.82, 2.24) is 0 Å². The Morgan fingerprint density at radius 1 is 0.646 bits per heavy atom. The van der Waals surface area contributed by atoms with Crippen LogP contribution in [0.1, 0.15) is 86.1 Å². The van der Waals surface area contributed by atoms with Crippen molar-refractivity contribution in [3.63, 3.8) is 0 Å². The number of ether oxygens (including phenoxy) is 1. The molecule has 0 bridgehead atoms. The molecule has 0 spiro atoms. The Morgan fingerprint density at radius 2 is 1.14 bits per heavy atom. The summed E-state index contributed by atoms with van der Waals surface area (Å²) in [4.78, 5) is 0. The van der Waals surface area contributed by atoms with Crippen LogP contribution in [-0.4, -0.2) is 40.6 Å². The van der Waals surface area contributed by atoms with Gasteiger partial charge in [-0.05, 0) is 97.9 Å². The molecule has 0 heterocycles. The normalized spacial score (nSPS) is 25.0. The summed E-state index contributed by atoms with van der Waals surface area (Å²) in [6.07, 6.45) is 11.5. The van der Waals surface area contributed by atoms with Crippen LogP contribution in [0.25, 0.3) is 0 Å². The van der Waals surface area contributed by atoms with Crippen LogP contribution in [0.5, 0.6) is 5.75 Å². The molecule has 342 valence electrons. The van der Waals surface area contributed by atoms with E-state index >= 15 is 0 Å². The highest BCUT2D eigenvalue weighted by atomic mass is 28.4. The molecule has 2 saturated carbocycles. The van der Waals surface area contributed by atoms with E-state index < -0.39 is 22.7 Å². The fourth-order valence-corrected chi connectivity index (χ4v) is 21.8. The van der Waals surface area contributed by atoms with E-state index in [4.69, 9.17) is 13.6 Å². The second kappa shape index (κ2) is 19.9. The zero-order valence-corrected chi connectivity index (χ0v) is 42.1. The van der Waals surface area contributed by atoms with Gasteiger partial charge in [0.15, 0.2) is 0 Å². The first-order valence-corrected chi connectivity index (χ1v) is 28.3. The molecule has 65 heavy (non-hydrogen) atoms. The maximum atomic E-state index is 12.5. The summed E-state index contributed by atoms with van der Waals surface area (Å²) in [7, 11) is -5.36. The maximum absolute atomic E-state index is 12.5. The Bertz CT molecular complexity index is 2220. The standard InChI is InChI=1S/C59H74O4Si2/c1-9-45-35-39-51-53-41-43(2)32-38-52(53)57(56(51)55(45)54(60)31-22-40-61-64(58(3,4)5,47-23-14-10-15-24-47)48-25-16-11-17-26-48)63-46-36-33-44(34-37-46)42-62-65(59(6,7)8,49-27-18-12-19-28-49)50-29-20-13-21-30-50/h9-21,23-30,33-37,39,43,45,51-57,60H,1,22,31-32,38,40-42H2,2-8H3/t43-,45+,51+,52-,53+,54?,55-,56+,57+/m1/s1. The first-order chi connectivity index (χ1) is 31.3. The van der Waals surface area contributed by atoms with Gasteiger partial charge >= 0.3 is 0 Å². The van der Waals surface area contributed by atoms with Gasteiger partial charge in [-0.3, -0.25) is 0 Å². The Hall–Kier alpha value is -4.31. The van der Waals surface area contributed by atoms with Gasteiger partial charge in [0, 0.05) is 24.4 Å². The fourth-order valence-electron chi connectivity index (χ4n) is 12.6. The predicted molar refractivity (Wildman–Crippen MR) is 275 cm³/mol. The average molecular weight is 903 g/mol. The van der Waals surface area contributed by atoms with Gasteiger partial charge in [-0.2, -0.15) is 0 Å². The quantitative estimate of drug-likeness (QED) is 0.0609. The molecule has 0 aromatic heterocycles. The van der Waals surface area contributed by atoms with E-state index in [-0.39, 0.29) is 33.9 Å². The van der Waals surface area contributed by atoms with Gasteiger partial charge in [0.2, 0.25) is 0 Å². The molecule has 9 atom stereocenters. The summed E-state index contributed by atoms with van der Waals surface area (Å²) in [6, 6.07) is 52.2. The monoisotopic (exact) mass is 903 g/mol. The molecule has 3 aliphatic carbocycles. The highest BCUT2D eigenvalue weighted by Crippen LogP contribution is 2.58. The van der Waals surface area contributed by atoms with E-state index in [1.165, 1.54) is 33.6 Å². The number of fused-ring (bicyclic) bond motifs is 3. The van der Waals surface area contributed by atoms with Crippen molar-refractivity contribution in [2.75, 3.05) is 6.61 Å². The van der Waals surface area contributed by atoms with Crippen LogP contribution in [-0.2, 0) is 15.5 Å². The SMILES string of the molecule is C=C[C@H]1C=C[C@H]2[C@@H]3C[C@H](C)CC[C@H]3[C@H](Oc3ccc(CO[Si](c4ccccc4)(c4ccccc4)C(C)(C)C)cc3)[C@@H]2[C@H]1C(O)CCCO[Si](c1ccccc1)(c1ccccc1)C(C)(C)C. The van der Waals surface area contributed by atoms with Gasteiger partial charge in [-0.1, -0.05) is 207 Å². The molecule has 2 fully saturated rings.